The van der Waals surface area contributed by atoms with Gasteiger partial charge in [-0.1, -0.05) is 55.5 Å². The average Bonchev–Trinajstić information content (AvgIpc) is 3.04. The fourth-order valence-electron chi connectivity index (χ4n) is 2.49. The Kier molecular flexibility index (Phi) is 4.20. The van der Waals surface area contributed by atoms with Crippen LogP contribution in [0.4, 0.5) is 0 Å². The van der Waals surface area contributed by atoms with E-state index < -0.39 is 0 Å². The molecule has 0 saturated heterocycles. The maximum Gasteiger partial charge on any atom is 0.0991 e. The van der Waals surface area contributed by atoms with Crippen LogP contribution in [-0.4, -0.2) is 15.0 Å². The van der Waals surface area contributed by atoms with E-state index in [0.717, 1.165) is 16.8 Å². The van der Waals surface area contributed by atoms with Crippen molar-refractivity contribution in [2.75, 3.05) is 0 Å². The summed E-state index contributed by atoms with van der Waals surface area (Å²) in [6.07, 6.45) is 1.79. The van der Waals surface area contributed by atoms with Crippen LogP contribution in [-0.2, 0) is 6.54 Å². The van der Waals surface area contributed by atoms with Gasteiger partial charge >= 0.3 is 0 Å². The highest BCUT2D eigenvalue weighted by Crippen LogP contribution is 2.22. The van der Waals surface area contributed by atoms with Crippen LogP contribution in [0, 0.1) is 11.3 Å². The van der Waals surface area contributed by atoms with Crippen molar-refractivity contribution in [3.63, 3.8) is 0 Å². The van der Waals surface area contributed by atoms with E-state index in [0.29, 0.717) is 18.0 Å². The van der Waals surface area contributed by atoms with E-state index in [1.54, 1.807) is 6.20 Å². The van der Waals surface area contributed by atoms with E-state index in [-0.39, 0.29) is 0 Å². The number of rotatable bonds is 4. The molecule has 2 aromatic carbocycles. The maximum atomic E-state index is 8.86. The number of hydrogen-bond acceptors (Lipinski definition) is 3. The molecule has 0 saturated carbocycles. The summed E-state index contributed by atoms with van der Waals surface area (Å²) in [4.78, 5) is 0. The van der Waals surface area contributed by atoms with Crippen molar-refractivity contribution in [2.45, 2.75) is 26.3 Å². The fourth-order valence-corrected chi connectivity index (χ4v) is 2.49. The normalized spacial score (nSPS) is 10.7. The van der Waals surface area contributed by atoms with Crippen molar-refractivity contribution in [3.05, 3.63) is 71.4 Å². The van der Waals surface area contributed by atoms with E-state index in [2.05, 4.69) is 54.5 Å². The minimum Gasteiger partial charge on any atom is -0.240 e. The molecular formula is C19H18N4. The summed E-state index contributed by atoms with van der Waals surface area (Å²) in [6, 6.07) is 18.2. The molecule has 23 heavy (non-hydrogen) atoms. The van der Waals surface area contributed by atoms with Crippen LogP contribution in [0.5, 0.6) is 0 Å². The van der Waals surface area contributed by atoms with Gasteiger partial charge in [0.05, 0.1) is 30.1 Å². The Morgan fingerprint density at radius 1 is 1.04 bits per heavy atom. The molecule has 0 unspecified atom stereocenters. The molecule has 0 spiro atoms. The highest BCUT2D eigenvalue weighted by atomic mass is 15.4. The lowest BCUT2D eigenvalue weighted by Crippen LogP contribution is -2.04. The zero-order valence-electron chi connectivity index (χ0n) is 13.3. The van der Waals surface area contributed by atoms with Crippen LogP contribution in [0.25, 0.3) is 11.3 Å². The molecule has 0 bridgehead atoms. The van der Waals surface area contributed by atoms with Crippen LogP contribution in [0.1, 0.15) is 36.5 Å². The molecule has 0 N–H and O–H groups in total. The van der Waals surface area contributed by atoms with Gasteiger partial charge in [-0.15, -0.1) is 5.10 Å². The Balaban J connectivity index is 1.85. The molecule has 0 aliphatic rings. The first-order valence-corrected chi connectivity index (χ1v) is 7.65. The number of nitriles is 1. The monoisotopic (exact) mass is 302 g/mol. The lowest BCUT2D eigenvalue weighted by atomic mass is 10.0. The number of hydrogen-bond donors (Lipinski definition) is 0. The van der Waals surface area contributed by atoms with Gasteiger partial charge in [0.25, 0.3) is 0 Å². The molecule has 3 rings (SSSR count). The summed E-state index contributed by atoms with van der Waals surface area (Å²) in [7, 11) is 0. The molecule has 0 amide bonds. The van der Waals surface area contributed by atoms with Gasteiger partial charge in [-0.3, -0.25) is 0 Å². The molecule has 0 atom stereocenters. The van der Waals surface area contributed by atoms with Crippen molar-refractivity contribution in [1.82, 2.24) is 15.0 Å². The standard InChI is InChI=1S/C19H18N4/c1-14(2)17-7-9-18(10-8-17)19-12-21-22-23(19)13-16-5-3-15(11-20)4-6-16/h3-10,12,14H,13H2,1-2H3. The smallest absolute Gasteiger partial charge is 0.0991 e. The van der Waals surface area contributed by atoms with Crippen molar-refractivity contribution in [3.8, 4) is 17.3 Å². The van der Waals surface area contributed by atoms with Crippen LogP contribution in [0.2, 0.25) is 0 Å². The highest BCUT2D eigenvalue weighted by molar-refractivity contribution is 5.59. The third kappa shape index (κ3) is 3.29. The van der Waals surface area contributed by atoms with E-state index in [9.17, 15) is 0 Å². The minimum absolute atomic E-state index is 0.519. The summed E-state index contributed by atoms with van der Waals surface area (Å²) in [6.45, 7) is 5.00. The van der Waals surface area contributed by atoms with Crippen molar-refractivity contribution in [1.29, 1.82) is 5.26 Å². The first-order chi connectivity index (χ1) is 11.2. The third-order valence-electron chi connectivity index (χ3n) is 3.91. The van der Waals surface area contributed by atoms with Gasteiger partial charge in [0.2, 0.25) is 0 Å². The van der Waals surface area contributed by atoms with Gasteiger partial charge in [-0.25, -0.2) is 4.68 Å². The zero-order chi connectivity index (χ0) is 16.2. The molecule has 114 valence electrons. The summed E-state index contributed by atoms with van der Waals surface area (Å²) < 4.78 is 1.88. The Bertz CT molecular complexity index is 821. The zero-order valence-corrected chi connectivity index (χ0v) is 13.3. The summed E-state index contributed by atoms with van der Waals surface area (Å²) in [5, 5.41) is 17.1. The topological polar surface area (TPSA) is 54.5 Å². The van der Waals surface area contributed by atoms with Gasteiger partial charge in [0, 0.05) is 5.56 Å². The first-order valence-electron chi connectivity index (χ1n) is 7.65. The second-order valence-corrected chi connectivity index (χ2v) is 5.86. The molecule has 0 aliphatic carbocycles. The minimum atomic E-state index is 0.519. The largest absolute Gasteiger partial charge is 0.240 e. The molecule has 3 aromatic rings. The van der Waals surface area contributed by atoms with Gasteiger partial charge in [0.15, 0.2) is 0 Å². The molecule has 1 aromatic heterocycles. The van der Waals surface area contributed by atoms with Gasteiger partial charge in [-0.2, -0.15) is 5.26 Å². The Morgan fingerprint density at radius 2 is 1.74 bits per heavy atom. The quantitative estimate of drug-likeness (QED) is 0.732. The predicted molar refractivity (Wildman–Crippen MR) is 89.8 cm³/mol. The van der Waals surface area contributed by atoms with Gasteiger partial charge < -0.3 is 0 Å². The molecule has 1 heterocycles. The second-order valence-electron chi connectivity index (χ2n) is 5.86. The van der Waals surface area contributed by atoms with Crippen LogP contribution in [0.3, 0.4) is 0 Å². The maximum absolute atomic E-state index is 8.86. The summed E-state index contributed by atoms with van der Waals surface area (Å²) >= 11 is 0. The molecule has 0 radical (unpaired) electrons. The van der Waals surface area contributed by atoms with Crippen molar-refractivity contribution >= 4 is 0 Å². The second kappa shape index (κ2) is 6.45. The lowest BCUT2D eigenvalue weighted by molar-refractivity contribution is 0.655. The number of aromatic nitrogens is 3. The summed E-state index contributed by atoms with van der Waals surface area (Å²) in [5.74, 6) is 0.519. The van der Waals surface area contributed by atoms with Gasteiger partial charge in [-0.05, 0) is 29.2 Å². The SMILES string of the molecule is CC(C)c1ccc(-c2cnnn2Cc2ccc(C#N)cc2)cc1. The summed E-state index contributed by atoms with van der Waals surface area (Å²) in [5.41, 5.74) is 5.17. The third-order valence-corrected chi connectivity index (χ3v) is 3.91. The van der Waals surface area contributed by atoms with Gasteiger partial charge in [0.1, 0.15) is 0 Å². The lowest BCUT2D eigenvalue weighted by Gasteiger charge is -2.09. The fraction of sp³-hybridized carbons (Fsp3) is 0.211. The molecule has 0 aliphatic heterocycles. The molecular weight excluding hydrogens is 284 g/mol. The number of nitrogens with zero attached hydrogens (tertiary/aromatic N) is 4. The van der Waals surface area contributed by atoms with Crippen LogP contribution < -0.4 is 0 Å². The Labute approximate surface area is 136 Å². The Morgan fingerprint density at radius 3 is 2.35 bits per heavy atom. The molecule has 4 heteroatoms. The Hall–Kier alpha value is -2.93. The van der Waals surface area contributed by atoms with E-state index in [1.165, 1.54) is 5.56 Å². The van der Waals surface area contributed by atoms with E-state index in [1.807, 2.05) is 28.9 Å². The van der Waals surface area contributed by atoms with E-state index in [4.69, 9.17) is 5.26 Å². The number of benzene rings is 2. The molecule has 0 fully saturated rings. The first kappa shape index (κ1) is 15.0. The van der Waals surface area contributed by atoms with E-state index >= 15 is 0 Å². The van der Waals surface area contributed by atoms with Crippen LogP contribution in [0.15, 0.2) is 54.7 Å². The predicted octanol–water partition coefficient (Wildman–Crippen LogP) is 3.99. The van der Waals surface area contributed by atoms with Crippen molar-refractivity contribution < 1.29 is 0 Å². The van der Waals surface area contributed by atoms with Crippen LogP contribution >= 0.6 is 0 Å². The highest BCUT2D eigenvalue weighted by Gasteiger charge is 2.08. The van der Waals surface area contributed by atoms with Crippen molar-refractivity contribution in [2.24, 2.45) is 0 Å². The average molecular weight is 302 g/mol. The molecule has 4 nitrogen and oxygen atoms in total.